The third-order valence-corrected chi connectivity index (χ3v) is 7.34. The van der Waals surface area contributed by atoms with Crippen LogP contribution in [0.2, 0.25) is 0 Å². The van der Waals surface area contributed by atoms with Crippen molar-refractivity contribution in [2.45, 2.75) is 96.7 Å². The Morgan fingerprint density at radius 3 is 2.31 bits per heavy atom. The number of hydrogen-bond donors (Lipinski definition) is 5. The summed E-state index contributed by atoms with van der Waals surface area (Å²) < 4.78 is 0. The lowest BCUT2D eigenvalue weighted by atomic mass is 9.91. The van der Waals surface area contributed by atoms with Crippen LogP contribution in [0.25, 0.3) is 0 Å². The van der Waals surface area contributed by atoms with Crippen molar-refractivity contribution in [3.8, 4) is 0 Å². The molecule has 1 aromatic carbocycles. The van der Waals surface area contributed by atoms with E-state index in [0.717, 1.165) is 4.90 Å². The van der Waals surface area contributed by atoms with Gasteiger partial charge in [0, 0.05) is 36.5 Å². The van der Waals surface area contributed by atoms with E-state index < -0.39 is 36.0 Å². The van der Waals surface area contributed by atoms with Gasteiger partial charge in [-0.3, -0.25) is 19.2 Å². The van der Waals surface area contributed by atoms with Crippen molar-refractivity contribution in [1.29, 1.82) is 0 Å². The number of nitrogens with zero attached hydrogens (tertiary/aromatic N) is 1. The maximum absolute atomic E-state index is 13.4. The predicted molar refractivity (Wildman–Crippen MR) is 166 cm³/mol. The van der Waals surface area contributed by atoms with Gasteiger partial charge in [0.25, 0.3) is 0 Å². The third kappa shape index (κ3) is 12.3. The Kier molecular flexibility index (Phi) is 12.7. The third-order valence-electron chi connectivity index (χ3n) is 6.61. The molecule has 1 heterocycles. The maximum Gasteiger partial charge on any atom is 0.319 e. The number of nitrogens with one attached hydrogen (secondary N) is 4. The first-order chi connectivity index (χ1) is 19.5. The highest BCUT2D eigenvalue weighted by Gasteiger charge is 2.41. The zero-order chi connectivity index (χ0) is 31.7. The van der Waals surface area contributed by atoms with Crippen molar-refractivity contribution in [2.75, 3.05) is 24.7 Å². The Morgan fingerprint density at radius 2 is 1.71 bits per heavy atom. The van der Waals surface area contributed by atoms with Crippen LogP contribution in [0.1, 0.15) is 73.6 Å². The summed E-state index contributed by atoms with van der Waals surface area (Å²) in [6, 6.07) is 4.67. The van der Waals surface area contributed by atoms with E-state index >= 15 is 0 Å². The molecule has 0 bridgehead atoms. The maximum atomic E-state index is 13.4. The summed E-state index contributed by atoms with van der Waals surface area (Å²) in [7, 11) is 0. The molecule has 0 saturated carbocycles. The molecule has 11 nitrogen and oxygen atoms in total. The first-order valence-corrected chi connectivity index (χ1v) is 15.6. The average molecular weight is 605 g/mol. The van der Waals surface area contributed by atoms with E-state index in [0.29, 0.717) is 25.1 Å². The van der Waals surface area contributed by atoms with Crippen LogP contribution in [-0.4, -0.2) is 72.0 Å². The molecule has 1 fully saturated rings. The van der Waals surface area contributed by atoms with Gasteiger partial charge in [0.1, 0.15) is 12.1 Å². The first kappa shape index (κ1) is 34.9. The Hall–Kier alpha value is -3.28. The van der Waals surface area contributed by atoms with Crippen LogP contribution in [0.4, 0.5) is 10.5 Å². The van der Waals surface area contributed by atoms with Gasteiger partial charge in [-0.2, -0.15) is 0 Å². The molecule has 0 aromatic heterocycles. The van der Waals surface area contributed by atoms with E-state index in [1.54, 1.807) is 17.8 Å². The van der Waals surface area contributed by atoms with Gasteiger partial charge in [0.05, 0.1) is 6.04 Å². The SMILES string of the molecule is CSc1cccc(NC(=O)N[C@H]2C[C@@H](C(=O)N[C@@H](CCCNC(=O)CC(C)(C)C)C(N)=O)N(C(=O)CC(C)(C)C)C2)c1. The summed E-state index contributed by atoms with van der Waals surface area (Å²) in [5.74, 6) is -1.50. The van der Waals surface area contributed by atoms with E-state index in [1.165, 1.54) is 4.90 Å². The summed E-state index contributed by atoms with van der Waals surface area (Å²) in [5.41, 5.74) is 5.77. The van der Waals surface area contributed by atoms with Gasteiger partial charge < -0.3 is 31.9 Å². The molecule has 3 atom stereocenters. The van der Waals surface area contributed by atoms with Crippen LogP contribution in [0.3, 0.4) is 0 Å². The number of primary amides is 1. The van der Waals surface area contributed by atoms with Crippen LogP contribution in [0.15, 0.2) is 29.2 Å². The number of likely N-dealkylation sites (tertiary alicyclic amines) is 1. The average Bonchev–Trinajstić information content (AvgIpc) is 3.27. The summed E-state index contributed by atoms with van der Waals surface area (Å²) in [6.45, 7) is 12.2. The van der Waals surface area contributed by atoms with E-state index in [9.17, 15) is 24.0 Å². The van der Waals surface area contributed by atoms with Gasteiger partial charge in [-0.05, 0) is 54.5 Å². The van der Waals surface area contributed by atoms with E-state index in [-0.39, 0.29) is 48.5 Å². The fraction of sp³-hybridized carbons (Fsp3) is 0.633. The number of carbonyl (C=O) groups excluding carboxylic acids is 5. The highest BCUT2D eigenvalue weighted by Crippen LogP contribution is 2.26. The Labute approximate surface area is 253 Å². The molecule has 42 heavy (non-hydrogen) atoms. The van der Waals surface area contributed by atoms with Crippen LogP contribution in [0.5, 0.6) is 0 Å². The highest BCUT2D eigenvalue weighted by atomic mass is 32.2. The molecular weight excluding hydrogens is 556 g/mol. The number of rotatable bonds is 12. The van der Waals surface area contributed by atoms with Crippen molar-refractivity contribution in [1.82, 2.24) is 20.9 Å². The lowest BCUT2D eigenvalue weighted by Crippen LogP contribution is -2.52. The largest absolute Gasteiger partial charge is 0.368 e. The lowest BCUT2D eigenvalue weighted by Gasteiger charge is -2.28. The number of hydrogen-bond acceptors (Lipinski definition) is 6. The van der Waals surface area contributed by atoms with Gasteiger partial charge in [0.15, 0.2) is 0 Å². The number of urea groups is 1. The zero-order valence-electron chi connectivity index (χ0n) is 26.0. The van der Waals surface area contributed by atoms with Crippen molar-refractivity contribution < 1.29 is 24.0 Å². The molecule has 6 N–H and O–H groups in total. The van der Waals surface area contributed by atoms with Crippen LogP contribution in [0, 0.1) is 10.8 Å². The monoisotopic (exact) mass is 604 g/mol. The Morgan fingerprint density at radius 1 is 1.05 bits per heavy atom. The molecule has 1 aromatic rings. The minimum absolute atomic E-state index is 0.0827. The zero-order valence-corrected chi connectivity index (χ0v) is 26.8. The molecule has 6 amide bonds. The Bertz CT molecular complexity index is 1130. The number of amides is 6. The molecule has 0 aliphatic carbocycles. The van der Waals surface area contributed by atoms with Gasteiger partial charge in [-0.1, -0.05) is 47.6 Å². The van der Waals surface area contributed by atoms with Gasteiger partial charge >= 0.3 is 6.03 Å². The normalized spacial score (nSPS) is 17.7. The quantitative estimate of drug-likeness (QED) is 0.182. The molecule has 0 spiro atoms. The lowest BCUT2D eigenvalue weighted by molar-refractivity contribution is -0.140. The van der Waals surface area contributed by atoms with E-state index in [1.807, 2.05) is 66.0 Å². The van der Waals surface area contributed by atoms with Crippen LogP contribution in [-0.2, 0) is 19.2 Å². The number of carbonyl (C=O) groups is 5. The molecule has 1 aliphatic rings. The molecule has 234 valence electrons. The van der Waals surface area contributed by atoms with Crippen LogP contribution >= 0.6 is 11.8 Å². The number of anilines is 1. The number of thioether (sulfide) groups is 1. The minimum Gasteiger partial charge on any atom is -0.368 e. The van der Waals surface area contributed by atoms with E-state index in [2.05, 4.69) is 21.3 Å². The Balaban J connectivity index is 2.05. The smallest absolute Gasteiger partial charge is 0.319 e. The molecule has 0 radical (unpaired) electrons. The van der Waals surface area contributed by atoms with Gasteiger partial charge in [-0.15, -0.1) is 11.8 Å². The summed E-state index contributed by atoms with van der Waals surface area (Å²) in [4.78, 5) is 66.2. The van der Waals surface area contributed by atoms with Gasteiger partial charge in [-0.25, -0.2) is 4.79 Å². The van der Waals surface area contributed by atoms with Crippen molar-refractivity contribution in [3.05, 3.63) is 24.3 Å². The molecule has 12 heteroatoms. The fourth-order valence-corrected chi connectivity index (χ4v) is 5.16. The van der Waals surface area contributed by atoms with Crippen molar-refractivity contribution >= 4 is 47.1 Å². The van der Waals surface area contributed by atoms with E-state index in [4.69, 9.17) is 5.73 Å². The second-order valence-corrected chi connectivity index (χ2v) is 14.1. The summed E-state index contributed by atoms with van der Waals surface area (Å²) in [5, 5.41) is 11.2. The predicted octanol–water partition coefficient (Wildman–Crippen LogP) is 3.24. The first-order valence-electron chi connectivity index (χ1n) is 14.3. The summed E-state index contributed by atoms with van der Waals surface area (Å²) >= 11 is 1.56. The molecule has 2 rings (SSSR count). The topological polar surface area (TPSA) is 163 Å². The summed E-state index contributed by atoms with van der Waals surface area (Å²) in [6.07, 6.45) is 3.39. The number of benzene rings is 1. The standard InChI is InChI=1S/C30H48N6O5S/c1-29(2,3)16-24(37)32-13-9-12-22(26(31)39)35-27(40)23-15-20(18-36(23)25(38)17-30(4,5)6)34-28(41)33-19-10-8-11-21(14-19)42-7/h8,10-11,14,20,22-23H,9,12-13,15-18H2,1-7H3,(H2,31,39)(H,32,37)(H,35,40)(H2,33,34,41)/t20-,22-,23-/m0/s1. The molecule has 1 saturated heterocycles. The second kappa shape index (κ2) is 15.3. The van der Waals surface area contributed by atoms with Crippen molar-refractivity contribution in [2.24, 2.45) is 16.6 Å². The fourth-order valence-electron chi connectivity index (χ4n) is 4.70. The molecule has 0 unspecified atom stereocenters. The molecular formula is C30H48N6O5S. The van der Waals surface area contributed by atoms with Crippen LogP contribution < -0.4 is 27.0 Å². The minimum atomic E-state index is -0.962. The van der Waals surface area contributed by atoms with Gasteiger partial charge in [0.2, 0.25) is 23.6 Å². The number of nitrogens with two attached hydrogens (primary N) is 1. The molecule has 1 aliphatic heterocycles. The highest BCUT2D eigenvalue weighted by molar-refractivity contribution is 7.98. The second-order valence-electron chi connectivity index (χ2n) is 13.3. The van der Waals surface area contributed by atoms with Crippen molar-refractivity contribution in [3.63, 3.8) is 0 Å².